The van der Waals surface area contributed by atoms with Crippen molar-refractivity contribution in [3.05, 3.63) is 17.7 Å². The fraction of sp³-hybridized carbons (Fsp3) is 0.632. The minimum atomic E-state index is -0.0455. The molecular formula is C19H28N2O4S. The highest BCUT2D eigenvalue weighted by molar-refractivity contribution is 8.00. The topological polar surface area (TPSA) is 51.2 Å². The van der Waals surface area contributed by atoms with E-state index in [-0.39, 0.29) is 11.3 Å². The first-order valence-corrected chi connectivity index (χ1v) is 10.2. The molecule has 144 valence electrons. The van der Waals surface area contributed by atoms with Crippen molar-refractivity contribution in [1.82, 2.24) is 9.80 Å². The number of benzene rings is 1. The SMILES string of the molecule is COc1cc(OC)c(C2SCC(=O)N2CCCN2CCCC2)cc1OC. The molecule has 3 rings (SSSR count). The highest BCUT2D eigenvalue weighted by Crippen LogP contribution is 2.46. The normalized spacial score (nSPS) is 20.7. The van der Waals surface area contributed by atoms with Gasteiger partial charge in [0.2, 0.25) is 5.91 Å². The highest BCUT2D eigenvalue weighted by Gasteiger charge is 2.35. The lowest BCUT2D eigenvalue weighted by molar-refractivity contribution is -0.128. The third-order valence-corrected chi connectivity index (χ3v) is 6.28. The Morgan fingerprint density at radius 1 is 1.00 bits per heavy atom. The van der Waals surface area contributed by atoms with Gasteiger partial charge in [0.05, 0.1) is 27.1 Å². The van der Waals surface area contributed by atoms with Crippen LogP contribution in [0.4, 0.5) is 0 Å². The van der Waals surface area contributed by atoms with Crippen molar-refractivity contribution in [2.75, 3.05) is 53.3 Å². The molecule has 0 saturated carbocycles. The number of likely N-dealkylation sites (tertiary alicyclic amines) is 1. The second-order valence-electron chi connectivity index (χ2n) is 6.60. The summed E-state index contributed by atoms with van der Waals surface area (Å²) >= 11 is 1.64. The molecule has 0 radical (unpaired) electrons. The maximum Gasteiger partial charge on any atom is 0.233 e. The Bertz CT molecular complexity index is 634. The van der Waals surface area contributed by atoms with Gasteiger partial charge >= 0.3 is 0 Å². The van der Waals surface area contributed by atoms with E-state index >= 15 is 0 Å². The van der Waals surface area contributed by atoms with E-state index < -0.39 is 0 Å². The van der Waals surface area contributed by atoms with Gasteiger partial charge in [0.25, 0.3) is 0 Å². The second-order valence-corrected chi connectivity index (χ2v) is 7.67. The summed E-state index contributed by atoms with van der Waals surface area (Å²) in [4.78, 5) is 16.9. The standard InChI is InChI=1S/C19H28N2O4S/c1-23-15-12-17(25-3)16(24-2)11-14(15)19-21(18(22)13-26-19)10-6-9-20-7-4-5-8-20/h11-12,19H,4-10,13H2,1-3H3. The number of hydrogen-bond donors (Lipinski definition) is 0. The van der Waals surface area contributed by atoms with Crippen molar-refractivity contribution >= 4 is 17.7 Å². The summed E-state index contributed by atoms with van der Waals surface area (Å²) in [5, 5.41) is -0.0455. The maximum atomic E-state index is 12.5. The van der Waals surface area contributed by atoms with E-state index in [1.807, 2.05) is 17.0 Å². The lowest BCUT2D eigenvalue weighted by Gasteiger charge is -2.27. The molecule has 0 N–H and O–H groups in total. The molecule has 1 aromatic carbocycles. The Morgan fingerprint density at radius 2 is 1.65 bits per heavy atom. The van der Waals surface area contributed by atoms with E-state index in [0.29, 0.717) is 17.3 Å². The van der Waals surface area contributed by atoms with Crippen LogP contribution in [-0.2, 0) is 4.79 Å². The number of nitrogens with zero attached hydrogens (tertiary/aromatic N) is 2. The van der Waals surface area contributed by atoms with Crippen molar-refractivity contribution in [1.29, 1.82) is 0 Å². The van der Waals surface area contributed by atoms with Gasteiger partial charge in [-0.1, -0.05) is 0 Å². The van der Waals surface area contributed by atoms with Gasteiger partial charge in [-0.05, 0) is 45.0 Å². The first-order chi connectivity index (χ1) is 12.7. The quantitative estimate of drug-likeness (QED) is 0.691. The molecule has 6 nitrogen and oxygen atoms in total. The van der Waals surface area contributed by atoms with Crippen molar-refractivity contribution < 1.29 is 19.0 Å². The molecule has 2 fully saturated rings. The van der Waals surface area contributed by atoms with Crippen LogP contribution in [-0.4, -0.2) is 69.0 Å². The summed E-state index contributed by atoms with van der Waals surface area (Å²) < 4.78 is 16.4. The summed E-state index contributed by atoms with van der Waals surface area (Å²) in [5.41, 5.74) is 0.960. The van der Waals surface area contributed by atoms with E-state index in [1.165, 1.54) is 25.9 Å². The highest BCUT2D eigenvalue weighted by atomic mass is 32.2. The second kappa shape index (κ2) is 8.86. The molecule has 26 heavy (non-hydrogen) atoms. The fourth-order valence-corrected chi connectivity index (χ4v) is 4.90. The monoisotopic (exact) mass is 380 g/mol. The van der Waals surface area contributed by atoms with Crippen LogP contribution in [0.2, 0.25) is 0 Å². The predicted octanol–water partition coefficient (Wildman–Crippen LogP) is 2.77. The van der Waals surface area contributed by atoms with Crippen molar-refractivity contribution in [3.8, 4) is 17.2 Å². The van der Waals surface area contributed by atoms with Gasteiger partial charge in [-0.3, -0.25) is 4.79 Å². The van der Waals surface area contributed by atoms with Crippen molar-refractivity contribution in [2.24, 2.45) is 0 Å². The molecule has 7 heteroatoms. The number of thioether (sulfide) groups is 1. The Kier molecular flexibility index (Phi) is 6.53. The van der Waals surface area contributed by atoms with Crippen LogP contribution < -0.4 is 14.2 Å². The summed E-state index contributed by atoms with van der Waals surface area (Å²) in [6.07, 6.45) is 3.59. The molecule has 2 aliphatic rings. The lowest BCUT2D eigenvalue weighted by atomic mass is 10.1. The van der Waals surface area contributed by atoms with Crippen LogP contribution in [0, 0.1) is 0 Å². The number of ether oxygens (including phenoxy) is 3. The number of carbonyl (C=O) groups is 1. The van der Waals surface area contributed by atoms with Crippen LogP contribution in [0.3, 0.4) is 0 Å². The number of amides is 1. The van der Waals surface area contributed by atoms with Gasteiger partial charge in [0.15, 0.2) is 11.5 Å². The van der Waals surface area contributed by atoms with Crippen LogP contribution >= 0.6 is 11.8 Å². The molecule has 2 heterocycles. The largest absolute Gasteiger partial charge is 0.496 e. The average Bonchev–Trinajstić information content (AvgIpc) is 3.31. The molecule has 1 aromatic rings. The minimum Gasteiger partial charge on any atom is -0.496 e. The first kappa shape index (κ1) is 19.2. The maximum absolute atomic E-state index is 12.5. The average molecular weight is 381 g/mol. The Labute approximate surface area is 159 Å². The zero-order valence-electron chi connectivity index (χ0n) is 15.8. The van der Waals surface area contributed by atoms with Gasteiger partial charge in [-0.25, -0.2) is 0 Å². The summed E-state index contributed by atoms with van der Waals surface area (Å²) in [7, 11) is 4.87. The van der Waals surface area contributed by atoms with E-state index in [0.717, 1.165) is 30.8 Å². The molecule has 1 amide bonds. The first-order valence-electron chi connectivity index (χ1n) is 9.11. The molecule has 2 aliphatic heterocycles. The van der Waals surface area contributed by atoms with E-state index in [1.54, 1.807) is 33.1 Å². The summed E-state index contributed by atoms with van der Waals surface area (Å²) in [5.74, 6) is 2.70. The minimum absolute atomic E-state index is 0.0455. The number of methoxy groups -OCH3 is 3. The van der Waals surface area contributed by atoms with Gasteiger partial charge in [0, 0.05) is 18.2 Å². The van der Waals surface area contributed by atoms with E-state index in [9.17, 15) is 4.79 Å². The molecule has 0 spiro atoms. The molecule has 0 bridgehead atoms. The zero-order chi connectivity index (χ0) is 18.5. The molecular weight excluding hydrogens is 352 g/mol. The lowest BCUT2D eigenvalue weighted by Crippen LogP contribution is -2.32. The van der Waals surface area contributed by atoms with Gasteiger partial charge in [0.1, 0.15) is 11.1 Å². The molecule has 0 aliphatic carbocycles. The summed E-state index contributed by atoms with van der Waals surface area (Å²) in [6, 6.07) is 3.77. The van der Waals surface area contributed by atoms with Crippen molar-refractivity contribution in [3.63, 3.8) is 0 Å². The smallest absolute Gasteiger partial charge is 0.233 e. The van der Waals surface area contributed by atoms with Crippen LogP contribution in [0.1, 0.15) is 30.2 Å². The van der Waals surface area contributed by atoms with Gasteiger partial charge in [-0.15, -0.1) is 11.8 Å². The Hall–Kier alpha value is -1.60. The molecule has 0 aromatic heterocycles. The summed E-state index contributed by atoms with van der Waals surface area (Å²) in [6.45, 7) is 4.21. The number of carbonyl (C=O) groups excluding carboxylic acids is 1. The van der Waals surface area contributed by atoms with Crippen LogP contribution in [0.25, 0.3) is 0 Å². The van der Waals surface area contributed by atoms with Crippen molar-refractivity contribution in [2.45, 2.75) is 24.6 Å². The Morgan fingerprint density at radius 3 is 2.31 bits per heavy atom. The van der Waals surface area contributed by atoms with Gasteiger partial charge < -0.3 is 24.0 Å². The number of rotatable bonds is 8. The number of hydrogen-bond acceptors (Lipinski definition) is 6. The van der Waals surface area contributed by atoms with E-state index in [2.05, 4.69) is 4.90 Å². The molecule has 2 saturated heterocycles. The van der Waals surface area contributed by atoms with Gasteiger partial charge in [-0.2, -0.15) is 0 Å². The van der Waals surface area contributed by atoms with Crippen LogP contribution in [0.5, 0.6) is 17.2 Å². The third kappa shape index (κ3) is 4.04. The third-order valence-electron chi connectivity index (χ3n) is 5.04. The zero-order valence-corrected chi connectivity index (χ0v) is 16.6. The van der Waals surface area contributed by atoms with Crippen LogP contribution in [0.15, 0.2) is 12.1 Å². The molecule has 1 unspecified atom stereocenters. The Balaban J connectivity index is 1.76. The fourth-order valence-electron chi connectivity index (χ4n) is 3.67. The van der Waals surface area contributed by atoms with E-state index in [4.69, 9.17) is 14.2 Å². The predicted molar refractivity (Wildman–Crippen MR) is 103 cm³/mol. The molecule has 1 atom stereocenters.